The fraction of sp³-hybridized carbons (Fsp3) is 0. The van der Waals surface area contributed by atoms with E-state index < -0.39 is 5.82 Å². The molecule has 5 heteroatoms. The van der Waals surface area contributed by atoms with Gasteiger partial charge in [0, 0.05) is 21.8 Å². The Labute approximate surface area is 113 Å². The maximum Gasteiger partial charge on any atom is 0.125 e. The van der Waals surface area contributed by atoms with Crippen LogP contribution in [0, 0.1) is 5.82 Å². The van der Waals surface area contributed by atoms with E-state index in [1.165, 1.54) is 18.2 Å². The summed E-state index contributed by atoms with van der Waals surface area (Å²) in [5.41, 5.74) is 7.15. The lowest BCUT2D eigenvalue weighted by molar-refractivity contribution is 0.628. The highest BCUT2D eigenvalue weighted by molar-refractivity contribution is 6.42. The summed E-state index contributed by atoms with van der Waals surface area (Å²) in [5.74, 6) is -0.410. The number of nitrogen functional groups attached to an aromatic ring is 1. The van der Waals surface area contributed by atoms with Crippen LogP contribution in [0.5, 0.6) is 0 Å². The van der Waals surface area contributed by atoms with E-state index in [9.17, 15) is 4.39 Å². The highest BCUT2D eigenvalue weighted by atomic mass is 35.5. The molecule has 1 nitrogen and oxygen atoms in total. The molecule has 0 heterocycles. The van der Waals surface area contributed by atoms with Gasteiger partial charge >= 0.3 is 0 Å². The molecule has 2 aromatic carbocycles. The van der Waals surface area contributed by atoms with Crippen molar-refractivity contribution < 1.29 is 4.39 Å². The lowest BCUT2D eigenvalue weighted by atomic mass is 10.0. The Morgan fingerprint density at radius 2 is 1.53 bits per heavy atom. The van der Waals surface area contributed by atoms with Crippen molar-refractivity contribution in [3.63, 3.8) is 0 Å². The average molecular weight is 291 g/mol. The van der Waals surface area contributed by atoms with Crippen LogP contribution >= 0.6 is 34.8 Å². The standard InChI is InChI=1S/C12H7Cl3FN/c13-6-3-9(14)12(10(15)4-6)8-2-1-7(16)5-11(8)17/h1-5H,17H2. The van der Waals surface area contributed by atoms with E-state index in [1.54, 1.807) is 12.1 Å². The van der Waals surface area contributed by atoms with E-state index >= 15 is 0 Å². The van der Waals surface area contributed by atoms with Crippen LogP contribution in [0.15, 0.2) is 30.3 Å². The van der Waals surface area contributed by atoms with Gasteiger partial charge in [0.1, 0.15) is 5.82 Å². The molecule has 0 saturated heterocycles. The molecule has 0 fully saturated rings. The highest BCUT2D eigenvalue weighted by Crippen LogP contribution is 2.39. The van der Waals surface area contributed by atoms with E-state index in [-0.39, 0.29) is 5.69 Å². The third-order valence-corrected chi connectivity index (χ3v) is 3.10. The Bertz CT molecular complexity index is 561. The second-order valence-electron chi connectivity index (χ2n) is 3.48. The first kappa shape index (κ1) is 12.5. The summed E-state index contributed by atoms with van der Waals surface area (Å²) >= 11 is 17.9. The topological polar surface area (TPSA) is 26.0 Å². The van der Waals surface area contributed by atoms with Crippen LogP contribution in [0.3, 0.4) is 0 Å². The van der Waals surface area contributed by atoms with Gasteiger partial charge < -0.3 is 5.73 Å². The summed E-state index contributed by atoms with van der Waals surface area (Å²) in [6, 6.07) is 7.18. The molecule has 0 saturated carbocycles. The van der Waals surface area contributed by atoms with E-state index in [2.05, 4.69) is 0 Å². The molecule has 0 aliphatic carbocycles. The molecule has 2 rings (SSSR count). The quantitative estimate of drug-likeness (QED) is 0.732. The van der Waals surface area contributed by atoms with Crippen LogP contribution in [0.1, 0.15) is 0 Å². The Kier molecular flexibility index (Phi) is 3.48. The molecule has 0 aromatic heterocycles. The third-order valence-electron chi connectivity index (χ3n) is 2.29. The summed E-state index contributed by atoms with van der Waals surface area (Å²) in [7, 11) is 0. The molecule has 0 aliphatic rings. The fourth-order valence-corrected chi connectivity index (χ4v) is 2.58. The first-order valence-electron chi connectivity index (χ1n) is 4.69. The minimum Gasteiger partial charge on any atom is -0.398 e. The molecule has 17 heavy (non-hydrogen) atoms. The molecule has 2 N–H and O–H groups in total. The van der Waals surface area contributed by atoms with Crippen molar-refractivity contribution in [1.82, 2.24) is 0 Å². The zero-order chi connectivity index (χ0) is 12.6. The van der Waals surface area contributed by atoms with Crippen LogP contribution < -0.4 is 5.73 Å². The van der Waals surface area contributed by atoms with Crippen molar-refractivity contribution in [3.05, 3.63) is 51.2 Å². The van der Waals surface area contributed by atoms with Crippen molar-refractivity contribution >= 4 is 40.5 Å². The molecular weight excluding hydrogens is 283 g/mol. The fourth-order valence-electron chi connectivity index (χ4n) is 1.56. The van der Waals surface area contributed by atoms with Gasteiger partial charge in [0.2, 0.25) is 0 Å². The van der Waals surface area contributed by atoms with Crippen molar-refractivity contribution in [2.45, 2.75) is 0 Å². The highest BCUT2D eigenvalue weighted by Gasteiger charge is 2.13. The predicted molar refractivity (Wildman–Crippen MR) is 71.3 cm³/mol. The summed E-state index contributed by atoms with van der Waals surface area (Å²) in [6.45, 7) is 0. The van der Waals surface area contributed by atoms with E-state index in [4.69, 9.17) is 40.5 Å². The van der Waals surface area contributed by atoms with Crippen LogP contribution in [-0.2, 0) is 0 Å². The summed E-state index contributed by atoms with van der Waals surface area (Å²) in [6.07, 6.45) is 0. The van der Waals surface area contributed by atoms with Gasteiger partial charge in [0.25, 0.3) is 0 Å². The van der Waals surface area contributed by atoms with Gasteiger partial charge in [-0.3, -0.25) is 0 Å². The van der Waals surface area contributed by atoms with Gasteiger partial charge in [-0.15, -0.1) is 0 Å². The van der Waals surface area contributed by atoms with Gasteiger partial charge in [-0.05, 0) is 30.3 Å². The average Bonchev–Trinajstić information content (AvgIpc) is 2.19. The van der Waals surface area contributed by atoms with Gasteiger partial charge in [-0.25, -0.2) is 4.39 Å². The van der Waals surface area contributed by atoms with Crippen LogP contribution in [0.2, 0.25) is 15.1 Å². The van der Waals surface area contributed by atoms with E-state index in [0.717, 1.165) is 0 Å². The minimum absolute atomic E-state index is 0.274. The lowest BCUT2D eigenvalue weighted by Gasteiger charge is -2.10. The molecule has 0 atom stereocenters. The Morgan fingerprint density at radius 3 is 2.06 bits per heavy atom. The number of rotatable bonds is 1. The molecule has 0 aliphatic heterocycles. The van der Waals surface area contributed by atoms with Crippen molar-refractivity contribution in [1.29, 1.82) is 0 Å². The van der Waals surface area contributed by atoms with Gasteiger partial charge in [-0.1, -0.05) is 34.8 Å². The van der Waals surface area contributed by atoms with E-state index in [0.29, 0.717) is 26.2 Å². The normalized spacial score (nSPS) is 10.6. The van der Waals surface area contributed by atoms with Crippen molar-refractivity contribution in [3.8, 4) is 11.1 Å². The van der Waals surface area contributed by atoms with Gasteiger partial charge in [-0.2, -0.15) is 0 Å². The SMILES string of the molecule is Nc1cc(F)ccc1-c1c(Cl)cc(Cl)cc1Cl. The number of hydrogen-bond acceptors (Lipinski definition) is 1. The number of nitrogens with two attached hydrogens (primary N) is 1. The maximum absolute atomic E-state index is 13.0. The van der Waals surface area contributed by atoms with Crippen LogP contribution in [0.4, 0.5) is 10.1 Å². The molecule has 0 radical (unpaired) electrons. The Hall–Kier alpha value is -0.960. The molecule has 0 unspecified atom stereocenters. The van der Waals surface area contributed by atoms with Crippen LogP contribution in [0.25, 0.3) is 11.1 Å². The Morgan fingerprint density at radius 1 is 0.941 bits per heavy atom. The molecule has 0 spiro atoms. The molecule has 0 bridgehead atoms. The van der Waals surface area contributed by atoms with Crippen molar-refractivity contribution in [2.24, 2.45) is 0 Å². The van der Waals surface area contributed by atoms with Gasteiger partial charge in [0.05, 0.1) is 10.0 Å². The number of anilines is 1. The Balaban J connectivity index is 2.68. The third kappa shape index (κ3) is 2.49. The molecule has 2 aromatic rings. The van der Waals surface area contributed by atoms with Crippen LogP contribution in [-0.4, -0.2) is 0 Å². The molecule has 0 amide bonds. The number of halogens is 4. The lowest BCUT2D eigenvalue weighted by Crippen LogP contribution is -1.92. The number of hydrogen-bond donors (Lipinski definition) is 1. The molecule has 88 valence electrons. The summed E-state index contributed by atoms with van der Waals surface area (Å²) < 4.78 is 13.0. The smallest absolute Gasteiger partial charge is 0.125 e. The van der Waals surface area contributed by atoms with Gasteiger partial charge in [0.15, 0.2) is 0 Å². The number of benzene rings is 2. The second-order valence-corrected chi connectivity index (χ2v) is 4.73. The minimum atomic E-state index is -0.410. The monoisotopic (exact) mass is 289 g/mol. The van der Waals surface area contributed by atoms with Crippen molar-refractivity contribution in [2.75, 3.05) is 5.73 Å². The molecular formula is C12H7Cl3FN. The second kappa shape index (κ2) is 4.73. The summed E-state index contributed by atoms with van der Waals surface area (Å²) in [5, 5.41) is 1.19. The predicted octanol–water partition coefficient (Wildman–Crippen LogP) is 5.04. The maximum atomic E-state index is 13.0. The first-order chi connectivity index (χ1) is 7.99. The largest absolute Gasteiger partial charge is 0.398 e. The first-order valence-corrected chi connectivity index (χ1v) is 5.82. The zero-order valence-electron chi connectivity index (χ0n) is 8.48. The van der Waals surface area contributed by atoms with E-state index in [1.807, 2.05) is 0 Å². The summed E-state index contributed by atoms with van der Waals surface area (Å²) in [4.78, 5) is 0. The zero-order valence-corrected chi connectivity index (χ0v) is 10.7.